The van der Waals surface area contributed by atoms with Gasteiger partial charge in [0.05, 0.1) is 45.2 Å². The van der Waals surface area contributed by atoms with Gasteiger partial charge in [0.2, 0.25) is 0 Å². The van der Waals surface area contributed by atoms with Crippen molar-refractivity contribution in [1.82, 2.24) is 24.5 Å². The second kappa shape index (κ2) is 7.94. The topological polar surface area (TPSA) is 77.6 Å². The highest BCUT2D eigenvalue weighted by molar-refractivity contribution is 6.39. The third kappa shape index (κ3) is 4.05. The fourth-order valence-corrected chi connectivity index (χ4v) is 3.81. The minimum Gasteiger partial charge on any atom is -0.322 e. The molecule has 3 aromatic heterocycles. The van der Waals surface area contributed by atoms with Crippen LogP contribution in [0.3, 0.4) is 0 Å². The van der Waals surface area contributed by atoms with E-state index in [0.29, 0.717) is 23.3 Å². The molecule has 0 spiro atoms. The van der Waals surface area contributed by atoms with E-state index in [0.717, 1.165) is 23.5 Å². The summed E-state index contributed by atoms with van der Waals surface area (Å²) in [5.74, 6) is -0.585. The molecule has 0 fully saturated rings. The summed E-state index contributed by atoms with van der Waals surface area (Å²) in [7, 11) is 1.84. The molecule has 166 valence electrons. The number of hydrogen-bond acceptors (Lipinski definition) is 4. The van der Waals surface area contributed by atoms with Crippen molar-refractivity contribution in [3.8, 4) is 0 Å². The SMILES string of the molecule is Cc1cc(Cn2nc(C)c3c(Cl)c(C(=O)Nc4ccc(C(F)(F)F)cc4)cnc32)n(C)n1. The van der Waals surface area contributed by atoms with E-state index in [1.807, 2.05) is 20.0 Å². The number of alkyl halides is 3. The Bertz CT molecular complexity index is 1320. The number of aromatic nitrogens is 5. The van der Waals surface area contributed by atoms with Gasteiger partial charge in [0.15, 0.2) is 5.65 Å². The maximum absolute atomic E-state index is 12.7. The van der Waals surface area contributed by atoms with Crippen LogP contribution >= 0.6 is 11.6 Å². The summed E-state index contributed by atoms with van der Waals surface area (Å²) < 4.78 is 41.6. The van der Waals surface area contributed by atoms with E-state index >= 15 is 0 Å². The number of hydrogen-bond donors (Lipinski definition) is 1. The van der Waals surface area contributed by atoms with Crippen molar-refractivity contribution in [2.24, 2.45) is 7.05 Å². The number of rotatable bonds is 4. The van der Waals surface area contributed by atoms with Crippen LogP contribution < -0.4 is 5.32 Å². The summed E-state index contributed by atoms with van der Waals surface area (Å²) >= 11 is 6.52. The third-order valence-corrected chi connectivity index (χ3v) is 5.39. The van der Waals surface area contributed by atoms with Crippen molar-refractivity contribution >= 4 is 34.2 Å². The number of nitrogens with zero attached hydrogens (tertiary/aromatic N) is 5. The van der Waals surface area contributed by atoms with Gasteiger partial charge in [0.25, 0.3) is 5.91 Å². The first kappa shape index (κ1) is 21.8. The van der Waals surface area contributed by atoms with Gasteiger partial charge in [-0.3, -0.25) is 9.48 Å². The minimum atomic E-state index is -4.45. The lowest BCUT2D eigenvalue weighted by atomic mass is 10.1. The Balaban J connectivity index is 1.63. The van der Waals surface area contributed by atoms with Gasteiger partial charge in [-0.25, -0.2) is 9.67 Å². The average molecular weight is 463 g/mol. The van der Waals surface area contributed by atoms with E-state index < -0.39 is 17.6 Å². The molecular weight excluding hydrogens is 445 g/mol. The Labute approximate surface area is 185 Å². The largest absolute Gasteiger partial charge is 0.416 e. The lowest BCUT2D eigenvalue weighted by Crippen LogP contribution is -2.14. The van der Waals surface area contributed by atoms with Crippen LogP contribution in [-0.4, -0.2) is 30.5 Å². The molecule has 0 aliphatic rings. The number of carbonyl (C=O) groups is 1. The second-order valence-corrected chi connectivity index (χ2v) is 7.74. The number of nitrogens with one attached hydrogen (secondary N) is 1. The Morgan fingerprint density at radius 3 is 2.44 bits per heavy atom. The Morgan fingerprint density at radius 1 is 1.16 bits per heavy atom. The maximum Gasteiger partial charge on any atom is 0.416 e. The van der Waals surface area contributed by atoms with Crippen LogP contribution in [0, 0.1) is 13.8 Å². The zero-order valence-electron chi connectivity index (χ0n) is 17.3. The van der Waals surface area contributed by atoms with Crippen LogP contribution in [0.5, 0.6) is 0 Å². The smallest absolute Gasteiger partial charge is 0.322 e. The van der Waals surface area contributed by atoms with E-state index in [-0.39, 0.29) is 16.3 Å². The van der Waals surface area contributed by atoms with Crippen LogP contribution in [0.25, 0.3) is 11.0 Å². The van der Waals surface area contributed by atoms with Gasteiger partial charge in [0.1, 0.15) is 0 Å². The molecule has 1 aromatic carbocycles. The Kier molecular flexibility index (Phi) is 5.41. The van der Waals surface area contributed by atoms with Gasteiger partial charge in [-0.05, 0) is 44.2 Å². The van der Waals surface area contributed by atoms with Gasteiger partial charge in [-0.2, -0.15) is 23.4 Å². The number of benzene rings is 1. The van der Waals surface area contributed by atoms with E-state index in [1.165, 1.54) is 18.3 Å². The van der Waals surface area contributed by atoms with E-state index in [2.05, 4.69) is 20.5 Å². The van der Waals surface area contributed by atoms with Crippen molar-refractivity contribution in [2.45, 2.75) is 26.6 Å². The highest BCUT2D eigenvalue weighted by atomic mass is 35.5. The monoisotopic (exact) mass is 462 g/mol. The molecule has 0 atom stereocenters. The Morgan fingerprint density at radius 2 is 1.84 bits per heavy atom. The number of fused-ring (bicyclic) bond motifs is 1. The van der Waals surface area contributed by atoms with Crippen LogP contribution in [0.1, 0.15) is 33.0 Å². The molecule has 11 heteroatoms. The van der Waals surface area contributed by atoms with Crippen molar-refractivity contribution in [3.63, 3.8) is 0 Å². The van der Waals surface area contributed by atoms with Crippen molar-refractivity contribution < 1.29 is 18.0 Å². The van der Waals surface area contributed by atoms with Gasteiger partial charge in [0, 0.05) is 18.9 Å². The zero-order chi connectivity index (χ0) is 23.2. The van der Waals surface area contributed by atoms with E-state index in [4.69, 9.17) is 11.6 Å². The molecule has 0 aliphatic carbocycles. The van der Waals surface area contributed by atoms with Crippen LogP contribution in [0.4, 0.5) is 18.9 Å². The second-order valence-electron chi connectivity index (χ2n) is 7.36. The average Bonchev–Trinajstić information content (AvgIpc) is 3.20. The van der Waals surface area contributed by atoms with Gasteiger partial charge in [-0.1, -0.05) is 11.6 Å². The van der Waals surface area contributed by atoms with Crippen molar-refractivity contribution in [2.75, 3.05) is 5.32 Å². The normalized spacial score (nSPS) is 11.8. The zero-order valence-corrected chi connectivity index (χ0v) is 18.1. The molecule has 0 unspecified atom stereocenters. The van der Waals surface area contributed by atoms with E-state index in [9.17, 15) is 18.0 Å². The lowest BCUT2D eigenvalue weighted by Gasteiger charge is -2.10. The molecule has 1 N–H and O–H groups in total. The van der Waals surface area contributed by atoms with Crippen LogP contribution in [0.15, 0.2) is 36.5 Å². The Hall–Kier alpha value is -3.40. The molecule has 0 saturated heterocycles. The highest BCUT2D eigenvalue weighted by Crippen LogP contribution is 2.31. The summed E-state index contributed by atoms with van der Waals surface area (Å²) in [6.45, 7) is 4.08. The van der Waals surface area contributed by atoms with Gasteiger partial charge >= 0.3 is 6.18 Å². The molecule has 1 amide bonds. The lowest BCUT2D eigenvalue weighted by molar-refractivity contribution is -0.137. The molecule has 4 rings (SSSR count). The predicted molar refractivity (Wildman–Crippen MR) is 114 cm³/mol. The summed E-state index contributed by atoms with van der Waals surface area (Å²) in [6, 6.07) is 6.09. The maximum atomic E-state index is 12.7. The van der Waals surface area contributed by atoms with Crippen molar-refractivity contribution in [1.29, 1.82) is 0 Å². The number of pyridine rings is 1. The standard InChI is InChI=1S/C21H18ClF3N6O/c1-11-8-15(30(3)28-11)10-31-19-17(12(2)29-31)18(22)16(9-26-19)20(32)27-14-6-4-13(5-7-14)21(23,24)25/h4-9H,10H2,1-3H3,(H,27,32). The summed E-state index contributed by atoms with van der Waals surface area (Å²) in [6.07, 6.45) is -3.12. The van der Waals surface area contributed by atoms with Crippen LogP contribution in [-0.2, 0) is 19.8 Å². The molecule has 4 aromatic rings. The van der Waals surface area contributed by atoms with Crippen LogP contribution in [0.2, 0.25) is 5.02 Å². The highest BCUT2D eigenvalue weighted by Gasteiger charge is 2.30. The fourth-order valence-electron chi connectivity index (χ4n) is 3.45. The first-order chi connectivity index (χ1) is 15.0. The first-order valence-corrected chi connectivity index (χ1v) is 9.92. The molecule has 7 nitrogen and oxygen atoms in total. The first-order valence-electron chi connectivity index (χ1n) is 9.54. The third-order valence-electron chi connectivity index (χ3n) is 5.00. The molecular formula is C21H18ClF3N6O. The van der Waals surface area contributed by atoms with Gasteiger partial charge in [-0.15, -0.1) is 0 Å². The quantitative estimate of drug-likeness (QED) is 0.474. The van der Waals surface area contributed by atoms with Gasteiger partial charge < -0.3 is 5.32 Å². The summed E-state index contributed by atoms with van der Waals surface area (Å²) in [5, 5.41) is 12.1. The van der Waals surface area contributed by atoms with Crippen molar-refractivity contribution in [3.05, 3.63) is 69.8 Å². The van der Waals surface area contributed by atoms with E-state index in [1.54, 1.807) is 16.3 Å². The number of halogens is 4. The number of amides is 1. The molecule has 0 aliphatic heterocycles. The summed E-state index contributed by atoms with van der Waals surface area (Å²) in [5.41, 5.74) is 2.41. The number of aryl methyl sites for hydroxylation is 3. The molecule has 0 saturated carbocycles. The minimum absolute atomic E-state index is 0.0955. The number of anilines is 1. The molecule has 32 heavy (non-hydrogen) atoms. The molecule has 0 bridgehead atoms. The predicted octanol–water partition coefficient (Wildman–Crippen LogP) is 4.75. The molecule has 0 radical (unpaired) electrons. The number of carbonyl (C=O) groups excluding carboxylic acids is 1. The molecule has 3 heterocycles. The summed E-state index contributed by atoms with van der Waals surface area (Å²) in [4.78, 5) is 17.1. The fraction of sp³-hybridized carbons (Fsp3) is 0.238.